The topological polar surface area (TPSA) is 42.2 Å². The van der Waals surface area contributed by atoms with E-state index in [1.807, 2.05) is 0 Å². The van der Waals surface area contributed by atoms with E-state index in [9.17, 15) is 0 Å². The minimum Gasteiger partial charge on any atom is -0.354 e. The molecule has 21 heavy (non-hydrogen) atoms. The Hall–Kier alpha value is -1.61. The summed E-state index contributed by atoms with van der Waals surface area (Å²) in [5, 5.41) is 1.21. The molecule has 1 heterocycles. The first-order chi connectivity index (χ1) is 10.3. The van der Waals surface area contributed by atoms with Crippen molar-refractivity contribution < 1.29 is 0 Å². The number of fused-ring (bicyclic) bond motifs is 1. The quantitative estimate of drug-likeness (QED) is 0.913. The summed E-state index contributed by atoms with van der Waals surface area (Å²) in [4.78, 5) is 7.48. The molecular weight excluding hydrogens is 258 g/mol. The summed E-state index contributed by atoms with van der Waals surface area (Å²) in [5.74, 6) is 1.16. The molecule has 1 aromatic heterocycles. The number of benzene rings is 1. The number of hydrogen-bond acceptors (Lipinski definition) is 3. The Morgan fingerprint density at radius 1 is 1.24 bits per heavy atom. The Labute approximate surface area is 127 Å². The zero-order valence-corrected chi connectivity index (χ0v) is 12.9. The van der Waals surface area contributed by atoms with E-state index in [0.29, 0.717) is 12.6 Å². The lowest BCUT2D eigenvalue weighted by molar-refractivity contribution is 0.611. The largest absolute Gasteiger partial charge is 0.354 e. The number of nitrogens with zero attached hydrogens (tertiary/aromatic N) is 2. The molecule has 0 radical (unpaired) electrons. The minimum atomic E-state index is 0.653. The fraction of sp³-hybridized carbons (Fsp3) is 0.500. The van der Waals surface area contributed by atoms with Crippen molar-refractivity contribution in [3.63, 3.8) is 0 Å². The lowest BCUT2D eigenvalue weighted by Gasteiger charge is -2.31. The van der Waals surface area contributed by atoms with Gasteiger partial charge in [0.15, 0.2) is 0 Å². The van der Waals surface area contributed by atoms with Crippen LogP contribution < -0.4 is 10.6 Å². The van der Waals surface area contributed by atoms with Crippen LogP contribution in [0.4, 0.5) is 5.82 Å². The molecule has 112 valence electrons. The number of pyridine rings is 1. The van der Waals surface area contributed by atoms with E-state index < -0.39 is 0 Å². The Kier molecular flexibility index (Phi) is 4.39. The van der Waals surface area contributed by atoms with E-state index in [1.165, 1.54) is 36.6 Å². The fourth-order valence-electron chi connectivity index (χ4n) is 3.53. The van der Waals surface area contributed by atoms with Gasteiger partial charge in [0.25, 0.3) is 0 Å². The monoisotopic (exact) mass is 283 g/mol. The number of aromatic nitrogens is 1. The second-order valence-electron chi connectivity index (χ2n) is 5.93. The van der Waals surface area contributed by atoms with Crippen molar-refractivity contribution >= 4 is 16.7 Å². The van der Waals surface area contributed by atoms with Crippen LogP contribution in [0.3, 0.4) is 0 Å². The maximum absolute atomic E-state index is 5.82. The van der Waals surface area contributed by atoms with Gasteiger partial charge in [-0.15, -0.1) is 0 Å². The summed E-state index contributed by atoms with van der Waals surface area (Å²) in [6.07, 6.45) is 6.19. The van der Waals surface area contributed by atoms with Gasteiger partial charge in [0.1, 0.15) is 5.82 Å². The van der Waals surface area contributed by atoms with Gasteiger partial charge in [-0.3, -0.25) is 0 Å². The Bertz CT molecular complexity index is 602. The highest BCUT2D eigenvalue weighted by molar-refractivity contribution is 5.82. The minimum absolute atomic E-state index is 0.653. The van der Waals surface area contributed by atoms with E-state index >= 15 is 0 Å². The van der Waals surface area contributed by atoms with Gasteiger partial charge in [-0.05, 0) is 50.4 Å². The maximum atomic E-state index is 5.82. The van der Waals surface area contributed by atoms with Crippen LogP contribution in [0.25, 0.3) is 10.9 Å². The molecule has 1 aliphatic rings. The van der Waals surface area contributed by atoms with Gasteiger partial charge in [-0.2, -0.15) is 0 Å². The molecule has 0 bridgehead atoms. The molecule has 2 N–H and O–H groups in total. The highest BCUT2D eigenvalue weighted by Gasteiger charge is 2.24. The summed E-state index contributed by atoms with van der Waals surface area (Å²) in [7, 11) is 0. The normalized spacial score (nSPS) is 15.7. The molecule has 0 amide bonds. The molecule has 1 saturated carbocycles. The highest BCUT2D eigenvalue weighted by atomic mass is 15.2. The van der Waals surface area contributed by atoms with Crippen LogP contribution >= 0.6 is 0 Å². The molecular formula is C18H25N3. The molecule has 0 aliphatic heterocycles. The van der Waals surface area contributed by atoms with Crippen molar-refractivity contribution in [1.82, 2.24) is 4.98 Å². The fourth-order valence-corrected chi connectivity index (χ4v) is 3.53. The first-order valence-corrected chi connectivity index (χ1v) is 8.19. The third kappa shape index (κ3) is 2.88. The van der Waals surface area contributed by atoms with Gasteiger partial charge in [0.05, 0.1) is 5.52 Å². The van der Waals surface area contributed by atoms with Gasteiger partial charge in [-0.25, -0.2) is 4.98 Å². The molecule has 1 aliphatic carbocycles. The third-order valence-electron chi connectivity index (χ3n) is 4.57. The lowest BCUT2D eigenvalue weighted by atomic mass is 10.1. The number of rotatable bonds is 5. The summed E-state index contributed by atoms with van der Waals surface area (Å²) < 4.78 is 0. The third-order valence-corrected chi connectivity index (χ3v) is 4.57. The van der Waals surface area contributed by atoms with Crippen LogP contribution in [0.2, 0.25) is 0 Å². The smallest absolute Gasteiger partial charge is 0.132 e. The van der Waals surface area contributed by atoms with Crippen LogP contribution in [0.5, 0.6) is 0 Å². The van der Waals surface area contributed by atoms with E-state index in [-0.39, 0.29) is 0 Å². The number of para-hydroxylation sites is 1. The molecule has 2 aromatic rings. The predicted octanol–water partition coefficient (Wildman–Crippen LogP) is 3.50. The van der Waals surface area contributed by atoms with Crippen molar-refractivity contribution in [2.45, 2.75) is 45.1 Å². The van der Waals surface area contributed by atoms with E-state index in [2.05, 4.69) is 42.2 Å². The predicted molar refractivity (Wildman–Crippen MR) is 89.8 cm³/mol. The molecule has 0 atom stereocenters. The SMILES string of the molecule is CCN(c1nc2ccccc2cc1CCN)C1CCCC1. The van der Waals surface area contributed by atoms with Crippen LogP contribution in [0.1, 0.15) is 38.2 Å². The number of nitrogens with two attached hydrogens (primary N) is 1. The standard InChI is InChI=1S/C18H25N3/c1-2-21(16-8-4-5-9-16)18-15(11-12-19)13-14-7-3-6-10-17(14)20-18/h3,6-7,10,13,16H,2,4-5,8-9,11-12,19H2,1H3. The second-order valence-corrected chi connectivity index (χ2v) is 5.93. The summed E-state index contributed by atoms with van der Waals surface area (Å²) in [6.45, 7) is 3.93. The Morgan fingerprint density at radius 3 is 2.71 bits per heavy atom. The van der Waals surface area contributed by atoms with E-state index in [0.717, 1.165) is 24.3 Å². The zero-order chi connectivity index (χ0) is 14.7. The summed E-state index contributed by atoms with van der Waals surface area (Å²) >= 11 is 0. The molecule has 1 fully saturated rings. The Balaban J connectivity index is 2.06. The van der Waals surface area contributed by atoms with Gasteiger partial charge < -0.3 is 10.6 Å². The van der Waals surface area contributed by atoms with Crippen molar-refractivity contribution in [3.05, 3.63) is 35.9 Å². The molecule has 3 rings (SSSR count). The van der Waals surface area contributed by atoms with Crippen LogP contribution in [-0.2, 0) is 6.42 Å². The first-order valence-electron chi connectivity index (χ1n) is 8.19. The van der Waals surface area contributed by atoms with Gasteiger partial charge in [-0.1, -0.05) is 31.0 Å². The maximum Gasteiger partial charge on any atom is 0.132 e. The van der Waals surface area contributed by atoms with Gasteiger partial charge in [0, 0.05) is 18.0 Å². The van der Waals surface area contributed by atoms with Crippen LogP contribution in [0, 0.1) is 0 Å². The van der Waals surface area contributed by atoms with Gasteiger partial charge in [0.2, 0.25) is 0 Å². The average Bonchev–Trinajstić information content (AvgIpc) is 3.03. The van der Waals surface area contributed by atoms with Crippen LogP contribution in [0.15, 0.2) is 30.3 Å². The second kappa shape index (κ2) is 6.44. The molecule has 1 aromatic carbocycles. The Morgan fingerprint density at radius 2 is 2.00 bits per heavy atom. The number of hydrogen-bond donors (Lipinski definition) is 1. The summed E-state index contributed by atoms with van der Waals surface area (Å²) in [5.41, 5.74) is 8.21. The zero-order valence-electron chi connectivity index (χ0n) is 12.9. The van der Waals surface area contributed by atoms with Crippen molar-refractivity contribution in [3.8, 4) is 0 Å². The lowest BCUT2D eigenvalue weighted by Crippen LogP contribution is -2.34. The van der Waals surface area contributed by atoms with Crippen molar-refractivity contribution in [1.29, 1.82) is 0 Å². The van der Waals surface area contributed by atoms with Crippen molar-refractivity contribution in [2.75, 3.05) is 18.0 Å². The molecule has 0 saturated heterocycles. The van der Waals surface area contributed by atoms with Crippen LogP contribution in [-0.4, -0.2) is 24.1 Å². The molecule has 0 spiro atoms. The van der Waals surface area contributed by atoms with Crippen molar-refractivity contribution in [2.24, 2.45) is 5.73 Å². The molecule has 3 nitrogen and oxygen atoms in total. The van der Waals surface area contributed by atoms with E-state index in [1.54, 1.807) is 0 Å². The highest BCUT2D eigenvalue weighted by Crippen LogP contribution is 2.31. The molecule has 0 unspecified atom stereocenters. The first kappa shape index (κ1) is 14.3. The number of anilines is 1. The summed E-state index contributed by atoms with van der Waals surface area (Å²) in [6, 6.07) is 11.3. The van der Waals surface area contributed by atoms with E-state index in [4.69, 9.17) is 10.7 Å². The average molecular weight is 283 g/mol. The molecule has 3 heteroatoms. The van der Waals surface area contributed by atoms with Gasteiger partial charge >= 0.3 is 0 Å².